The minimum absolute atomic E-state index is 0.0979. The Labute approximate surface area is 163 Å². The molecule has 0 atom stereocenters. The number of fused-ring (bicyclic) bond motifs is 1. The van der Waals surface area contributed by atoms with E-state index in [1.807, 2.05) is 6.07 Å². The van der Waals surface area contributed by atoms with E-state index in [-0.39, 0.29) is 17.9 Å². The van der Waals surface area contributed by atoms with Crippen LogP contribution in [-0.4, -0.2) is 38.6 Å². The van der Waals surface area contributed by atoms with E-state index in [0.717, 1.165) is 48.5 Å². The number of benzene rings is 1. The number of hydrogen-bond acceptors (Lipinski definition) is 5. The van der Waals surface area contributed by atoms with Gasteiger partial charge in [-0.05, 0) is 30.8 Å². The molecule has 0 bridgehead atoms. The number of aliphatic imine (C=N–C) groups is 1. The van der Waals surface area contributed by atoms with E-state index in [9.17, 15) is 8.78 Å². The lowest BCUT2D eigenvalue weighted by Crippen LogP contribution is -2.24. The summed E-state index contributed by atoms with van der Waals surface area (Å²) in [5.41, 5.74) is 3.96. The second-order valence-electron chi connectivity index (χ2n) is 6.49. The van der Waals surface area contributed by atoms with Gasteiger partial charge in [0.2, 0.25) is 0 Å². The molecule has 7 heteroatoms. The highest BCUT2D eigenvalue weighted by atomic mass is 19.1. The summed E-state index contributed by atoms with van der Waals surface area (Å²) < 4.78 is 38.9. The van der Waals surface area contributed by atoms with Crippen molar-refractivity contribution in [3.05, 3.63) is 58.4 Å². The molecule has 1 aliphatic heterocycles. The number of ether oxygens (including phenoxy) is 2. The summed E-state index contributed by atoms with van der Waals surface area (Å²) in [5, 5.41) is 3.30. The average molecular weight is 387 g/mol. The van der Waals surface area contributed by atoms with Crippen molar-refractivity contribution in [3.8, 4) is 5.75 Å². The van der Waals surface area contributed by atoms with Crippen LogP contribution in [0.25, 0.3) is 11.3 Å². The first-order chi connectivity index (χ1) is 13.5. The molecule has 1 aliphatic rings. The summed E-state index contributed by atoms with van der Waals surface area (Å²) in [7, 11) is 1.53. The molecule has 1 aromatic heterocycles. The van der Waals surface area contributed by atoms with Crippen molar-refractivity contribution in [2.45, 2.75) is 19.9 Å². The van der Waals surface area contributed by atoms with Crippen LogP contribution < -0.4 is 10.1 Å². The molecule has 0 fully saturated rings. The summed E-state index contributed by atoms with van der Waals surface area (Å²) in [6.45, 7) is 7.43. The zero-order chi connectivity index (χ0) is 20.1. The molecular formula is C21H23F2N3O2. The lowest BCUT2D eigenvalue weighted by atomic mass is 9.98. The summed E-state index contributed by atoms with van der Waals surface area (Å²) >= 11 is 0. The van der Waals surface area contributed by atoms with E-state index in [1.165, 1.54) is 7.11 Å². The van der Waals surface area contributed by atoms with Gasteiger partial charge in [0.15, 0.2) is 0 Å². The fraction of sp³-hybridized carbons (Fsp3) is 0.333. The van der Waals surface area contributed by atoms with Crippen LogP contribution in [0.15, 0.2) is 29.4 Å². The molecule has 148 valence electrons. The van der Waals surface area contributed by atoms with Gasteiger partial charge in [0, 0.05) is 56.2 Å². The normalized spacial score (nSPS) is 14.3. The third-order valence-corrected chi connectivity index (χ3v) is 4.64. The van der Waals surface area contributed by atoms with E-state index < -0.39 is 11.6 Å². The van der Waals surface area contributed by atoms with Crippen LogP contribution in [0.2, 0.25) is 0 Å². The zero-order valence-corrected chi connectivity index (χ0v) is 16.0. The van der Waals surface area contributed by atoms with Gasteiger partial charge >= 0.3 is 0 Å². The lowest BCUT2D eigenvalue weighted by molar-refractivity contribution is 0.145. The first-order valence-corrected chi connectivity index (χ1v) is 9.02. The Balaban J connectivity index is 2.07. The SMILES string of the molecule is C=N/C(=C(\C)c1c(F)cc(F)cc1OCCOC)c1cnc2c(c1)CNCC2. The molecule has 0 unspecified atom stereocenters. The highest BCUT2D eigenvalue weighted by molar-refractivity contribution is 5.92. The van der Waals surface area contributed by atoms with E-state index in [0.29, 0.717) is 17.9 Å². The third kappa shape index (κ3) is 4.26. The standard InChI is InChI=1S/C21H23F2N3O2/c1-13(20-17(23)9-16(22)10-19(20)28-7-6-27-3)21(24-2)15-8-14-11-25-5-4-18(14)26-12-15/h8-10,12,25H,2,4-7,11H2,1,3H3/b21-13+. The van der Waals surface area contributed by atoms with E-state index >= 15 is 0 Å². The maximum Gasteiger partial charge on any atom is 0.137 e. The molecule has 0 spiro atoms. The minimum Gasteiger partial charge on any atom is -0.490 e. The maximum atomic E-state index is 14.7. The second-order valence-corrected chi connectivity index (χ2v) is 6.49. The molecule has 0 saturated carbocycles. The van der Waals surface area contributed by atoms with E-state index in [4.69, 9.17) is 9.47 Å². The summed E-state index contributed by atoms with van der Waals surface area (Å²) in [6, 6.07) is 3.97. The average Bonchev–Trinajstić information content (AvgIpc) is 2.68. The lowest BCUT2D eigenvalue weighted by Gasteiger charge is -2.18. The number of aromatic nitrogens is 1. The van der Waals surface area contributed by atoms with Crippen molar-refractivity contribution in [2.75, 3.05) is 26.9 Å². The fourth-order valence-corrected chi connectivity index (χ4v) is 3.28. The molecule has 0 aliphatic carbocycles. The number of pyridine rings is 1. The Morgan fingerprint density at radius 3 is 2.86 bits per heavy atom. The van der Waals surface area contributed by atoms with Crippen molar-refractivity contribution in [1.29, 1.82) is 0 Å². The predicted molar refractivity (Wildman–Crippen MR) is 105 cm³/mol. The van der Waals surface area contributed by atoms with Gasteiger partial charge in [-0.2, -0.15) is 0 Å². The molecule has 1 N–H and O–H groups in total. The largest absolute Gasteiger partial charge is 0.490 e. The Bertz CT molecular complexity index is 913. The first kappa shape index (κ1) is 20.1. The Morgan fingerprint density at radius 1 is 1.29 bits per heavy atom. The molecule has 0 saturated heterocycles. The van der Waals surface area contributed by atoms with Crippen molar-refractivity contribution < 1.29 is 18.3 Å². The summed E-state index contributed by atoms with van der Waals surface area (Å²) in [4.78, 5) is 8.63. The Kier molecular flexibility index (Phi) is 6.49. The molecule has 0 radical (unpaired) electrons. The van der Waals surface area contributed by atoms with Crippen LogP contribution in [0, 0.1) is 11.6 Å². The van der Waals surface area contributed by atoms with Gasteiger partial charge in [-0.25, -0.2) is 8.78 Å². The number of rotatable bonds is 7. The summed E-state index contributed by atoms with van der Waals surface area (Å²) in [5.74, 6) is -1.34. The molecule has 2 heterocycles. The second kappa shape index (κ2) is 9.03. The van der Waals surface area contributed by atoms with Crippen LogP contribution in [-0.2, 0) is 17.7 Å². The Morgan fingerprint density at radius 2 is 2.11 bits per heavy atom. The molecule has 5 nitrogen and oxygen atoms in total. The molecule has 28 heavy (non-hydrogen) atoms. The van der Waals surface area contributed by atoms with Crippen LogP contribution >= 0.6 is 0 Å². The number of hydrogen-bond donors (Lipinski definition) is 1. The van der Waals surface area contributed by atoms with Gasteiger partial charge in [-0.1, -0.05) is 0 Å². The maximum absolute atomic E-state index is 14.7. The fourth-order valence-electron chi connectivity index (χ4n) is 3.28. The van der Waals surface area contributed by atoms with Crippen molar-refractivity contribution in [1.82, 2.24) is 10.3 Å². The first-order valence-electron chi connectivity index (χ1n) is 9.02. The number of allylic oxidation sites excluding steroid dienone is 1. The van der Waals surface area contributed by atoms with Gasteiger partial charge in [-0.3, -0.25) is 9.98 Å². The number of nitrogens with one attached hydrogen (secondary N) is 1. The highest BCUT2D eigenvalue weighted by Gasteiger charge is 2.19. The monoisotopic (exact) mass is 387 g/mol. The van der Waals surface area contributed by atoms with Crippen LogP contribution in [0.4, 0.5) is 8.78 Å². The van der Waals surface area contributed by atoms with Gasteiger partial charge in [0.25, 0.3) is 0 Å². The number of nitrogens with zero attached hydrogens (tertiary/aromatic N) is 2. The molecule has 3 rings (SSSR count). The van der Waals surface area contributed by atoms with Crippen LogP contribution in [0.1, 0.15) is 29.3 Å². The van der Waals surface area contributed by atoms with Crippen LogP contribution in [0.5, 0.6) is 5.75 Å². The van der Waals surface area contributed by atoms with Gasteiger partial charge < -0.3 is 14.8 Å². The van der Waals surface area contributed by atoms with Gasteiger partial charge in [0.1, 0.15) is 24.0 Å². The smallest absolute Gasteiger partial charge is 0.137 e. The number of halogens is 2. The predicted octanol–water partition coefficient (Wildman–Crippen LogP) is 3.62. The van der Waals surface area contributed by atoms with Crippen molar-refractivity contribution in [3.63, 3.8) is 0 Å². The van der Waals surface area contributed by atoms with Crippen molar-refractivity contribution >= 4 is 18.0 Å². The van der Waals surface area contributed by atoms with Gasteiger partial charge in [-0.15, -0.1) is 0 Å². The quantitative estimate of drug-likeness (QED) is 0.582. The Hall–Kier alpha value is -2.64. The van der Waals surface area contributed by atoms with Gasteiger partial charge in [0.05, 0.1) is 17.9 Å². The van der Waals surface area contributed by atoms with Crippen molar-refractivity contribution in [2.24, 2.45) is 4.99 Å². The van der Waals surface area contributed by atoms with E-state index in [2.05, 4.69) is 22.0 Å². The zero-order valence-electron chi connectivity index (χ0n) is 16.0. The topological polar surface area (TPSA) is 55.7 Å². The summed E-state index contributed by atoms with van der Waals surface area (Å²) in [6.07, 6.45) is 2.57. The molecule has 0 amide bonds. The highest BCUT2D eigenvalue weighted by Crippen LogP contribution is 2.35. The molecule has 2 aromatic rings. The molecule has 1 aromatic carbocycles. The third-order valence-electron chi connectivity index (χ3n) is 4.64. The van der Waals surface area contributed by atoms with E-state index in [1.54, 1.807) is 13.1 Å². The van der Waals surface area contributed by atoms with Crippen LogP contribution in [0.3, 0.4) is 0 Å². The molecular weight excluding hydrogens is 364 g/mol. The minimum atomic E-state index is -0.723. The number of methoxy groups -OCH3 is 1.